The summed E-state index contributed by atoms with van der Waals surface area (Å²) in [7, 11) is 0. The zero-order valence-corrected chi connectivity index (χ0v) is 12.6. The van der Waals surface area contributed by atoms with Crippen LogP contribution in [0.2, 0.25) is 0 Å². The number of anilines is 1. The van der Waals surface area contributed by atoms with Crippen molar-refractivity contribution in [2.24, 2.45) is 0 Å². The highest BCUT2D eigenvalue weighted by Crippen LogP contribution is 2.31. The largest absolute Gasteiger partial charge is 0.509 e. The SMILES string of the molecule is N#Cc1cccc(N2CC(O)=C(c3nc4ccccc4[nH]3)C2=N)c1. The van der Waals surface area contributed by atoms with Crippen molar-refractivity contribution in [3.05, 3.63) is 65.7 Å². The third-order valence-corrected chi connectivity index (χ3v) is 4.02. The Hall–Kier alpha value is -3.59. The highest BCUT2D eigenvalue weighted by molar-refractivity contribution is 6.30. The summed E-state index contributed by atoms with van der Waals surface area (Å²) in [6.45, 7) is 0.181. The van der Waals surface area contributed by atoms with Crippen molar-refractivity contribution in [1.82, 2.24) is 9.97 Å². The first-order valence-corrected chi connectivity index (χ1v) is 7.41. The van der Waals surface area contributed by atoms with Gasteiger partial charge in [0.1, 0.15) is 17.4 Å². The molecular formula is C18H13N5O. The molecule has 0 saturated carbocycles. The van der Waals surface area contributed by atoms with Crippen molar-refractivity contribution in [2.75, 3.05) is 11.4 Å². The molecule has 1 aliphatic heterocycles. The van der Waals surface area contributed by atoms with E-state index in [1.165, 1.54) is 0 Å². The molecule has 0 bridgehead atoms. The first-order chi connectivity index (χ1) is 11.7. The van der Waals surface area contributed by atoms with Crippen LogP contribution >= 0.6 is 0 Å². The number of aromatic nitrogens is 2. The number of aromatic amines is 1. The third-order valence-electron chi connectivity index (χ3n) is 4.02. The maximum Gasteiger partial charge on any atom is 0.145 e. The summed E-state index contributed by atoms with van der Waals surface area (Å²) in [4.78, 5) is 9.26. The first kappa shape index (κ1) is 14.0. The number of para-hydroxylation sites is 2. The smallest absolute Gasteiger partial charge is 0.145 e. The quantitative estimate of drug-likeness (QED) is 0.676. The number of rotatable bonds is 2. The predicted molar refractivity (Wildman–Crippen MR) is 91.9 cm³/mol. The molecule has 1 aromatic heterocycles. The molecule has 2 aromatic carbocycles. The Labute approximate surface area is 137 Å². The van der Waals surface area contributed by atoms with E-state index in [-0.39, 0.29) is 18.1 Å². The summed E-state index contributed by atoms with van der Waals surface area (Å²) >= 11 is 0. The summed E-state index contributed by atoms with van der Waals surface area (Å²) in [5.74, 6) is 0.709. The molecule has 0 amide bonds. The number of amidine groups is 1. The summed E-state index contributed by atoms with van der Waals surface area (Å²) in [6.07, 6.45) is 0. The van der Waals surface area contributed by atoms with Crippen LogP contribution in [0.3, 0.4) is 0 Å². The Morgan fingerprint density at radius 3 is 2.83 bits per heavy atom. The maximum absolute atomic E-state index is 10.4. The number of hydrogen-bond acceptors (Lipinski definition) is 4. The molecule has 3 aromatic rings. The number of nitriles is 1. The summed E-state index contributed by atoms with van der Waals surface area (Å²) in [5.41, 5.74) is 3.22. The molecule has 6 heteroatoms. The molecule has 2 heterocycles. The van der Waals surface area contributed by atoms with Crippen molar-refractivity contribution in [2.45, 2.75) is 0 Å². The lowest BCUT2D eigenvalue weighted by Crippen LogP contribution is -2.26. The van der Waals surface area contributed by atoms with Crippen LogP contribution in [0.4, 0.5) is 5.69 Å². The van der Waals surface area contributed by atoms with Gasteiger partial charge in [-0.15, -0.1) is 0 Å². The van der Waals surface area contributed by atoms with Crippen LogP contribution in [0, 0.1) is 16.7 Å². The maximum atomic E-state index is 10.4. The Balaban J connectivity index is 1.73. The Morgan fingerprint density at radius 1 is 1.21 bits per heavy atom. The van der Waals surface area contributed by atoms with E-state index in [0.717, 1.165) is 11.0 Å². The Morgan fingerprint density at radius 2 is 2.04 bits per heavy atom. The van der Waals surface area contributed by atoms with Gasteiger partial charge >= 0.3 is 0 Å². The first-order valence-electron chi connectivity index (χ1n) is 7.41. The molecule has 3 N–H and O–H groups in total. The van der Waals surface area contributed by atoms with E-state index in [4.69, 9.17) is 10.7 Å². The number of imidazole rings is 1. The summed E-state index contributed by atoms with van der Waals surface area (Å²) in [6, 6.07) is 16.6. The van der Waals surface area contributed by atoms with E-state index in [2.05, 4.69) is 16.0 Å². The molecule has 0 atom stereocenters. The third kappa shape index (κ3) is 2.11. The molecule has 24 heavy (non-hydrogen) atoms. The van der Waals surface area contributed by atoms with E-state index < -0.39 is 0 Å². The minimum atomic E-state index is 0.0846. The minimum absolute atomic E-state index is 0.0846. The second-order valence-electron chi connectivity index (χ2n) is 5.52. The van der Waals surface area contributed by atoms with Crippen LogP contribution in [0.5, 0.6) is 0 Å². The zero-order valence-electron chi connectivity index (χ0n) is 12.6. The van der Waals surface area contributed by atoms with Crippen molar-refractivity contribution in [3.8, 4) is 6.07 Å². The summed E-state index contributed by atoms with van der Waals surface area (Å²) in [5, 5.41) is 27.8. The number of hydrogen-bond donors (Lipinski definition) is 3. The van der Waals surface area contributed by atoms with Gasteiger partial charge in [-0.25, -0.2) is 4.98 Å². The number of nitrogens with zero attached hydrogens (tertiary/aromatic N) is 3. The normalized spacial score (nSPS) is 14.5. The molecule has 0 unspecified atom stereocenters. The van der Waals surface area contributed by atoms with Crippen LogP contribution < -0.4 is 4.90 Å². The number of aliphatic hydroxyl groups is 1. The van der Waals surface area contributed by atoms with E-state index in [0.29, 0.717) is 22.6 Å². The number of nitrogens with one attached hydrogen (secondary N) is 2. The lowest BCUT2D eigenvalue weighted by molar-refractivity contribution is 0.411. The topological polar surface area (TPSA) is 99.8 Å². The lowest BCUT2D eigenvalue weighted by Gasteiger charge is -2.18. The van der Waals surface area contributed by atoms with Gasteiger partial charge in [0, 0.05) is 5.69 Å². The molecule has 6 nitrogen and oxygen atoms in total. The fourth-order valence-electron chi connectivity index (χ4n) is 2.86. The van der Waals surface area contributed by atoms with E-state index >= 15 is 0 Å². The fourth-order valence-corrected chi connectivity index (χ4v) is 2.86. The van der Waals surface area contributed by atoms with Crippen LogP contribution in [-0.4, -0.2) is 27.5 Å². The lowest BCUT2D eigenvalue weighted by atomic mass is 10.2. The molecule has 0 saturated heterocycles. The number of aliphatic hydroxyl groups excluding tert-OH is 1. The van der Waals surface area contributed by atoms with Crippen LogP contribution in [-0.2, 0) is 0 Å². The van der Waals surface area contributed by atoms with Crippen LogP contribution in [0.25, 0.3) is 16.6 Å². The fraction of sp³-hybridized carbons (Fsp3) is 0.0556. The van der Waals surface area contributed by atoms with E-state index in [1.807, 2.05) is 30.3 Å². The van der Waals surface area contributed by atoms with Crippen molar-refractivity contribution < 1.29 is 5.11 Å². The highest BCUT2D eigenvalue weighted by atomic mass is 16.3. The van der Waals surface area contributed by atoms with Gasteiger partial charge in [0.2, 0.25) is 0 Å². The monoisotopic (exact) mass is 315 g/mol. The van der Waals surface area contributed by atoms with Gasteiger partial charge < -0.3 is 15.0 Å². The molecule has 0 spiro atoms. The second kappa shape index (κ2) is 5.25. The van der Waals surface area contributed by atoms with E-state index in [9.17, 15) is 5.11 Å². The molecule has 116 valence electrons. The number of H-pyrrole nitrogens is 1. The Bertz CT molecular complexity index is 1010. The molecule has 0 fully saturated rings. The molecule has 1 aliphatic rings. The Kier molecular flexibility index (Phi) is 3.07. The standard InChI is InChI=1S/C18H13N5O/c19-9-11-4-3-5-12(8-11)23-10-15(24)16(17(23)20)18-21-13-6-1-2-7-14(13)22-18/h1-8,20,24H,10H2,(H,21,22). The molecule has 0 radical (unpaired) electrons. The highest BCUT2D eigenvalue weighted by Gasteiger charge is 2.31. The summed E-state index contributed by atoms with van der Waals surface area (Å²) < 4.78 is 0. The van der Waals surface area contributed by atoms with Gasteiger partial charge in [-0.2, -0.15) is 5.26 Å². The van der Waals surface area contributed by atoms with Gasteiger partial charge in [-0.1, -0.05) is 18.2 Å². The van der Waals surface area contributed by atoms with Gasteiger partial charge in [0.25, 0.3) is 0 Å². The average molecular weight is 315 g/mol. The van der Waals surface area contributed by atoms with Crippen molar-refractivity contribution in [1.29, 1.82) is 10.7 Å². The second-order valence-corrected chi connectivity index (χ2v) is 5.52. The molecular weight excluding hydrogens is 302 g/mol. The van der Waals surface area contributed by atoms with Crippen LogP contribution in [0.1, 0.15) is 11.4 Å². The van der Waals surface area contributed by atoms with Gasteiger partial charge in [-0.05, 0) is 30.3 Å². The van der Waals surface area contributed by atoms with Crippen LogP contribution in [0.15, 0.2) is 54.3 Å². The van der Waals surface area contributed by atoms with Gasteiger partial charge in [0.15, 0.2) is 0 Å². The van der Waals surface area contributed by atoms with Crippen molar-refractivity contribution >= 4 is 28.1 Å². The van der Waals surface area contributed by atoms with E-state index in [1.54, 1.807) is 23.1 Å². The minimum Gasteiger partial charge on any atom is -0.509 e. The predicted octanol–water partition coefficient (Wildman–Crippen LogP) is 3.20. The number of benzene rings is 2. The van der Waals surface area contributed by atoms with Gasteiger partial charge in [-0.3, -0.25) is 5.41 Å². The van der Waals surface area contributed by atoms with Gasteiger partial charge in [0.05, 0.1) is 34.8 Å². The zero-order chi connectivity index (χ0) is 16.7. The van der Waals surface area contributed by atoms with Crippen molar-refractivity contribution in [3.63, 3.8) is 0 Å². The average Bonchev–Trinajstić information content (AvgIpc) is 3.15. The number of fused-ring (bicyclic) bond motifs is 1. The molecule has 0 aliphatic carbocycles. The molecule has 4 rings (SSSR count).